The van der Waals surface area contributed by atoms with Crippen molar-refractivity contribution >= 4 is 18.0 Å². The van der Waals surface area contributed by atoms with Crippen LogP contribution in [-0.2, 0) is 32.2 Å². The van der Waals surface area contributed by atoms with Crippen LogP contribution in [-0.4, -0.2) is 42.3 Å². The lowest BCUT2D eigenvalue weighted by molar-refractivity contribution is -0.131. The molecule has 0 bridgehead atoms. The van der Waals surface area contributed by atoms with E-state index in [0.29, 0.717) is 31.6 Å². The van der Waals surface area contributed by atoms with Crippen LogP contribution in [0.1, 0.15) is 55.1 Å². The topological polar surface area (TPSA) is 103 Å². The number of carbonyl (C=O) groups is 3. The molecule has 8 nitrogen and oxygen atoms in total. The minimum Gasteiger partial charge on any atom is -0.456 e. The molecular weight excluding hydrogens is 508 g/mol. The third-order valence-corrected chi connectivity index (χ3v) is 6.60. The summed E-state index contributed by atoms with van der Waals surface area (Å²) in [6.45, 7) is 6.62. The summed E-state index contributed by atoms with van der Waals surface area (Å²) in [7, 11) is 0. The van der Waals surface area contributed by atoms with Crippen LogP contribution in [0.3, 0.4) is 0 Å². The normalized spacial score (nSPS) is 14.6. The van der Waals surface area contributed by atoms with E-state index in [2.05, 4.69) is 10.6 Å². The van der Waals surface area contributed by atoms with Crippen LogP contribution in [0.5, 0.6) is 0 Å². The zero-order valence-electron chi connectivity index (χ0n) is 23.2. The Balaban J connectivity index is 1.39. The maximum atomic E-state index is 13.3. The van der Waals surface area contributed by atoms with Gasteiger partial charge in [0.05, 0.1) is 5.56 Å². The van der Waals surface area contributed by atoms with Gasteiger partial charge in [0.25, 0.3) is 0 Å². The van der Waals surface area contributed by atoms with Crippen molar-refractivity contribution in [2.24, 2.45) is 0 Å². The lowest BCUT2D eigenvalue weighted by Crippen LogP contribution is -2.61. The third-order valence-electron chi connectivity index (χ3n) is 6.60. The van der Waals surface area contributed by atoms with Crippen molar-refractivity contribution < 1.29 is 28.6 Å². The van der Waals surface area contributed by atoms with E-state index in [1.807, 2.05) is 93.6 Å². The molecule has 3 aromatic carbocycles. The van der Waals surface area contributed by atoms with Crippen molar-refractivity contribution in [3.8, 4) is 11.1 Å². The molecule has 2 amide bonds. The van der Waals surface area contributed by atoms with E-state index < -0.39 is 17.2 Å². The second kappa shape index (κ2) is 12.8. The molecule has 40 heavy (non-hydrogen) atoms. The summed E-state index contributed by atoms with van der Waals surface area (Å²) in [6.07, 6.45) is 0.0492. The number of benzene rings is 3. The number of hydrogen-bond donors (Lipinski definition) is 2. The first-order valence-corrected chi connectivity index (χ1v) is 13.4. The highest BCUT2D eigenvalue weighted by molar-refractivity contribution is 5.97. The average Bonchev–Trinajstić information content (AvgIpc) is 2.95. The smallest absolute Gasteiger partial charge is 0.408 e. The van der Waals surface area contributed by atoms with E-state index >= 15 is 0 Å². The second-order valence-corrected chi connectivity index (χ2v) is 10.8. The largest absolute Gasteiger partial charge is 0.456 e. The van der Waals surface area contributed by atoms with Crippen LogP contribution in [0.2, 0.25) is 0 Å². The van der Waals surface area contributed by atoms with Crippen LogP contribution >= 0.6 is 0 Å². The van der Waals surface area contributed by atoms with Crippen molar-refractivity contribution in [1.82, 2.24) is 10.6 Å². The summed E-state index contributed by atoms with van der Waals surface area (Å²) < 4.78 is 16.4. The van der Waals surface area contributed by atoms with Gasteiger partial charge in [-0.2, -0.15) is 0 Å². The molecule has 1 heterocycles. The molecule has 1 fully saturated rings. The average molecular weight is 545 g/mol. The van der Waals surface area contributed by atoms with Crippen LogP contribution in [0.4, 0.5) is 4.79 Å². The molecule has 3 aromatic rings. The van der Waals surface area contributed by atoms with E-state index in [9.17, 15) is 14.4 Å². The van der Waals surface area contributed by atoms with Crippen molar-refractivity contribution in [3.05, 3.63) is 95.6 Å². The molecule has 0 saturated carbocycles. The maximum absolute atomic E-state index is 13.3. The minimum absolute atomic E-state index is 0.115. The summed E-state index contributed by atoms with van der Waals surface area (Å²) in [4.78, 5) is 38.7. The van der Waals surface area contributed by atoms with Gasteiger partial charge in [-0.05, 0) is 49.1 Å². The number of rotatable bonds is 8. The SMILES string of the molecule is CC(C)(C)OC(=O)c1ccccc1-c1ccc(CNC(=O)C2(NC(=O)OCc3ccccc3)CCOCC2)cc1. The molecule has 1 saturated heterocycles. The van der Waals surface area contributed by atoms with E-state index in [0.717, 1.165) is 22.3 Å². The summed E-state index contributed by atoms with van der Waals surface area (Å²) in [5.41, 5.74) is 2.15. The van der Waals surface area contributed by atoms with Crippen LogP contribution in [0.25, 0.3) is 11.1 Å². The van der Waals surface area contributed by atoms with Gasteiger partial charge in [-0.1, -0.05) is 72.8 Å². The molecule has 0 radical (unpaired) electrons. The number of alkyl carbamates (subject to hydrolysis) is 1. The molecule has 1 aliphatic heterocycles. The van der Waals surface area contributed by atoms with Crippen LogP contribution < -0.4 is 10.6 Å². The number of ether oxygens (including phenoxy) is 3. The van der Waals surface area contributed by atoms with Gasteiger partial charge in [-0.15, -0.1) is 0 Å². The number of esters is 1. The first-order valence-electron chi connectivity index (χ1n) is 13.4. The van der Waals surface area contributed by atoms with Gasteiger partial charge in [-0.25, -0.2) is 9.59 Å². The Bertz CT molecular complexity index is 1310. The first-order chi connectivity index (χ1) is 19.2. The lowest BCUT2D eigenvalue weighted by Gasteiger charge is -2.36. The van der Waals surface area contributed by atoms with Crippen molar-refractivity contribution in [1.29, 1.82) is 0 Å². The first kappa shape index (κ1) is 28.8. The predicted octanol–water partition coefficient (Wildman–Crippen LogP) is 5.40. The van der Waals surface area contributed by atoms with Gasteiger partial charge in [-0.3, -0.25) is 4.79 Å². The van der Waals surface area contributed by atoms with Gasteiger partial charge in [0.2, 0.25) is 5.91 Å². The molecule has 0 aromatic heterocycles. The Hall–Kier alpha value is -4.17. The van der Waals surface area contributed by atoms with Gasteiger partial charge >= 0.3 is 12.1 Å². The van der Waals surface area contributed by atoms with Crippen molar-refractivity contribution in [2.45, 2.75) is 57.9 Å². The fraction of sp³-hybridized carbons (Fsp3) is 0.344. The zero-order valence-corrected chi connectivity index (χ0v) is 23.2. The standard InChI is InChI=1S/C32H36N2O6/c1-31(2,3)40-28(35)27-12-8-7-11-26(27)25-15-13-23(14-16-25)21-33-29(36)32(17-19-38-20-18-32)34-30(37)39-22-24-9-5-4-6-10-24/h4-16H,17-22H2,1-3H3,(H,33,36)(H,34,37). The Morgan fingerprint density at radius 2 is 1.50 bits per heavy atom. The molecule has 0 atom stereocenters. The summed E-state index contributed by atoms with van der Waals surface area (Å²) >= 11 is 0. The number of hydrogen-bond acceptors (Lipinski definition) is 6. The fourth-order valence-corrected chi connectivity index (χ4v) is 4.48. The molecule has 8 heteroatoms. The Labute approximate surface area is 235 Å². The van der Waals surface area contributed by atoms with E-state index in [4.69, 9.17) is 14.2 Å². The minimum atomic E-state index is -1.11. The van der Waals surface area contributed by atoms with Gasteiger partial charge in [0, 0.05) is 32.6 Å². The number of amides is 2. The van der Waals surface area contributed by atoms with Gasteiger partial charge in [0.15, 0.2) is 0 Å². The molecule has 2 N–H and O–H groups in total. The molecule has 0 spiro atoms. The lowest BCUT2D eigenvalue weighted by atomic mass is 9.89. The zero-order chi connectivity index (χ0) is 28.6. The quantitative estimate of drug-likeness (QED) is 0.368. The summed E-state index contributed by atoms with van der Waals surface area (Å²) in [5.74, 6) is -0.664. The number of nitrogens with one attached hydrogen (secondary N) is 2. The van der Waals surface area contributed by atoms with E-state index in [1.54, 1.807) is 6.07 Å². The van der Waals surface area contributed by atoms with Crippen molar-refractivity contribution in [3.63, 3.8) is 0 Å². The maximum Gasteiger partial charge on any atom is 0.408 e. The van der Waals surface area contributed by atoms with Crippen LogP contribution in [0, 0.1) is 0 Å². The molecule has 1 aliphatic rings. The van der Waals surface area contributed by atoms with E-state index in [-0.39, 0.29) is 25.0 Å². The number of carbonyl (C=O) groups excluding carboxylic acids is 3. The molecule has 4 rings (SSSR count). The second-order valence-electron chi connectivity index (χ2n) is 10.8. The third kappa shape index (κ3) is 7.70. The van der Waals surface area contributed by atoms with Gasteiger partial charge < -0.3 is 24.8 Å². The highest BCUT2D eigenvalue weighted by Gasteiger charge is 2.42. The Morgan fingerprint density at radius 1 is 0.850 bits per heavy atom. The summed E-state index contributed by atoms with van der Waals surface area (Å²) in [5, 5.41) is 5.77. The molecule has 0 aliphatic carbocycles. The fourth-order valence-electron chi connectivity index (χ4n) is 4.48. The molecule has 0 unspecified atom stereocenters. The summed E-state index contributed by atoms with van der Waals surface area (Å²) in [6, 6.07) is 24.3. The highest BCUT2D eigenvalue weighted by atomic mass is 16.6. The van der Waals surface area contributed by atoms with Crippen LogP contribution in [0.15, 0.2) is 78.9 Å². The van der Waals surface area contributed by atoms with E-state index in [1.165, 1.54) is 0 Å². The highest BCUT2D eigenvalue weighted by Crippen LogP contribution is 2.27. The molecule has 210 valence electrons. The predicted molar refractivity (Wildman–Crippen MR) is 151 cm³/mol. The van der Waals surface area contributed by atoms with Crippen molar-refractivity contribution in [2.75, 3.05) is 13.2 Å². The van der Waals surface area contributed by atoms with Gasteiger partial charge in [0.1, 0.15) is 17.7 Å². The Kier molecular flexibility index (Phi) is 9.22. The molecular formula is C32H36N2O6. The monoisotopic (exact) mass is 544 g/mol. The Morgan fingerprint density at radius 3 is 2.17 bits per heavy atom.